The van der Waals surface area contributed by atoms with Crippen LogP contribution in [-0.4, -0.2) is 34.6 Å². The van der Waals surface area contributed by atoms with Gasteiger partial charge in [-0.2, -0.15) is 11.3 Å². The molecule has 0 atom stereocenters. The van der Waals surface area contributed by atoms with Crippen LogP contribution < -0.4 is 16.0 Å². The normalized spacial score (nSPS) is 11.0. The zero-order chi connectivity index (χ0) is 28.5. The molecule has 3 aromatic carbocycles. The van der Waals surface area contributed by atoms with Gasteiger partial charge in [0.2, 0.25) is 5.91 Å². The van der Waals surface area contributed by atoms with E-state index in [1.807, 2.05) is 22.9 Å². The molecule has 0 aliphatic rings. The van der Waals surface area contributed by atoms with Gasteiger partial charge in [0.25, 0.3) is 11.8 Å². The summed E-state index contributed by atoms with van der Waals surface area (Å²) >= 11 is 2.74. The largest absolute Gasteiger partial charge is 0.478 e. The maximum absolute atomic E-state index is 13.2. The Balaban J connectivity index is 1.41. The summed E-state index contributed by atoms with van der Waals surface area (Å²) in [6.45, 7) is 1.78. The average molecular weight is 572 g/mol. The lowest BCUT2D eigenvalue weighted by Gasteiger charge is -2.12. The van der Waals surface area contributed by atoms with Gasteiger partial charge < -0.3 is 21.1 Å². The van der Waals surface area contributed by atoms with Gasteiger partial charge in [0, 0.05) is 21.8 Å². The number of nitrogens with one attached hydrogen (secondary N) is 3. The quantitative estimate of drug-likeness (QED) is 0.139. The SMILES string of the molecule is Cc1ccc(C(=O)O)cc1NC(=O)CSc1cccc(NC(=O)/C(=C/c2ccsc2)NC(=O)c2ccccc2)c1. The molecular formula is C30H25N3O5S2. The average Bonchev–Trinajstić information content (AvgIpc) is 3.46. The molecule has 0 saturated heterocycles. The van der Waals surface area contributed by atoms with Gasteiger partial charge in [-0.25, -0.2) is 4.79 Å². The van der Waals surface area contributed by atoms with Gasteiger partial charge in [-0.3, -0.25) is 14.4 Å². The maximum atomic E-state index is 13.2. The van der Waals surface area contributed by atoms with Crippen molar-refractivity contribution < 1.29 is 24.3 Å². The molecule has 202 valence electrons. The van der Waals surface area contributed by atoms with Crippen LogP contribution in [0.1, 0.15) is 31.8 Å². The van der Waals surface area contributed by atoms with Gasteiger partial charge in [0.1, 0.15) is 5.70 Å². The van der Waals surface area contributed by atoms with Crippen LogP contribution in [0.4, 0.5) is 11.4 Å². The number of amides is 3. The molecule has 4 aromatic rings. The molecule has 1 heterocycles. The topological polar surface area (TPSA) is 125 Å². The standard InChI is InChI=1S/C30H25N3O5S2/c1-19-10-11-22(30(37)38)15-25(19)32-27(34)18-40-24-9-5-8-23(16-24)31-29(36)26(14-20-12-13-39-17-20)33-28(35)21-6-3-2-4-7-21/h2-17H,18H2,1H3,(H,31,36)(H,32,34)(H,33,35)(H,37,38)/b26-14-. The first kappa shape index (κ1) is 28.3. The van der Waals surface area contributed by atoms with E-state index in [1.165, 1.54) is 35.2 Å². The maximum Gasteiger partial charge on any atom is 0.335 e. The van der Waals surface area contributed by atoms with Crippen LogP contribution in [0, 0.1) is 6.92 Å². The Morgan fingerprint density at radius 1 is 0.900 bits per heavy atom. The number of carboxylic acids is 1. The Bertz CT molecular complexity index is 1570. The van der Waals surface area contributed by atoms with E-state index in [-0.39, 0.29) is 22.9 Å². The monoisotopic (exact) mass is 571 g/mol. The van der Waals surface area contributed by atoms with Crippen molar-refractivity contribution in [2.45, 2.75) is 11.8 Å². The number of carbonyl (C=O) groups is 4. The van der Waals surface area contributed by atoms with Crippen LogP contribution in [0.5, 0.6) is 0 Å². The van der Waals surface area contributed by atoms with Crippen molar-refractivity contribution in [1.29, 1.82) is 0 Å². The number of hydrogen-bond acceptors (Lipinski definition) is 6. The summed E-state index contributed by atoms with van der Waals surface area (Å²) < 4.78 is 0. The second kappa shape index (κ2) is 13.4. The molecule has 3 amide bonds. The second-order valence-corrected chi connectivity index (χ2v) is 10.4. The van der Waals surface area contributed by atoms with Crippen molar-refractivity contribution in [3.63, 3.8) is 0 Å². The number of anilines is 2. The van der Waals surface area contributed by atoms with E-state index in [4.69, 9.17) is 0 Å². The summed E-state index contributed by atoms with van der Waals surface area (Å²) in [5.41, 5.74) is 3.06. The molecule has 0 bridgehead atoms. The summed E-state index contributed by atoms with van der Waals surface area (Å²) in [5.74, 6) is -2.20. The molecule has 4 rings (SSSR count). The second-order valence-electron chi connectivity index (χ2n) is 8.59. The Labute approximate surface area is 239 Å². The zero-order valence-electron chi connectivity index (χ0n) is 21.3. The fraction of sp³-hybridized carbons (Fsp3) is 0.0667. The third kappa shape index (κ3) is 7.92. The predicted octanol–water partition coefficient (Wildman–Crippen LogP) is 5.90. The molecule has 8 nitrogen and oxygen atoms in total. The fourth-order valence-corrected chi connectivity index (χ4v) is 4.93. The minimum atomic E-state index is -1.07. The number of benzene rings is 3. The number of carboxylic acid groups (broad SMARTS) is 1. The highest BCUT2D eigenvalue weighted by Crippen LogP contribution is 2.23. The number of aryl methyl sites for hydroxylation is 1. The van der Waals surface area contributed by atoms with Crippen molar-refractivity contribution in [2.75, 3.05) is 16.4 Å². The lowest BCUT2D eigenvalue weighted by molar-refractivity contribution is -0.114. The summed E-state index contributed by atoms with van der Waals surface area (Å²) in [7, 11) is 0. The lowest BCUT2D eigenvalue weighted by atomic mass is 10.1. The van der Waals surface area contributed by atoms with E-state index >= 15 is 0 Å². The molecule has 0 unspecified atom stereocenters. The Morgan fingerprint density at radius 3 is 2.42 bits per heavy atom. The first-order valence-electron chi connectivity index (χ1n) is 12.1. The smallest absolute Gasteiger partial charge is 0.335 e. The van der Waals surface area contributed by atoms with Crippen molar-refractivity contribution in [1.82, 2.24) is 5.32 Å². The van der Waals surface area contributed by atoms with E-state index in [0.29, 0.717) is 16.9 Å². The van der Waals surface area contributed by atoms with Gasteiger partial charge in [0.15, 0.2) is 0 Å². The first-order chi connectivity index (χ1) is 19.3. The molecule has 0 saturated carbocycles. The number of carbonyl (C=O) groups excluding carboxylic acids is 3. The molecule has 4 N–H and O–H groups in total. The van der Waals surface area contributed by atoms with Crippen LogP contribution in [0.2, 0.25) is 0 Å². The van der Waals surface area contributed by atoms with Crippen LogP contribution in [0.15, 0.2) is 100 Å². The Hall–Kier alpha value is -4.67. The van der Waals surface area contributed by atoms with E-state index in [2.05, 4.69) is 16.0 Å². The summed E-state index contributed by atoms with van der Waals surface area (Å²) in [6.07, 6.45) is 1.61. The molecule has 0 radical (unpaired) electrons. The number of thioether (sulfide) groups is 1. The highest BCUT2D eigenvalue weighted by molar-refractivity contribution is 8.00. The Morgan fingerprint density at radius 2 is 1.70 bits per heavy atom. The number of aromatic carboxylic acids is 1. The summed E-state index contributed by atoms with van der Waals surface area (Å²) in [5, 5.41) is 21.2. The van der Waals surface area contributed by atoms with Crippen molar-refractivity contribution in [3.05, 3.63) is 118 Å². The number of rotatable bonds is 10. The third-order valence-corrected chi connectivity index (χ3v) is 7.30. The highest BCUT2D eigenvalue weighted by atomic mass is 32.2. The van der Waals surface area contributed by atoms with Gasteiger partial charge >= 0.3 is 5.97 Å². The minimum absolute atomic E-state index is 0.0740. The van der Waals surface area contributed by atoms with Crippen LogP contribution in [0.25, 0.3) is 6.08 Å². The highest BCUT2D eigenvalue weighted by Gasteiger charge is 2.16. The van der Waals surface area contributed by atoms with Crippen LogP contribution >= 0.6 is 23.1 Å². The molecule has 0 aliphatic heterocycles. The van der Waals surface area contributed by atoms with Crippen molar-refractivity contribution in [2.24, 2.45) is 0 Å². The van der Waals surface area contributed by atoms with Gasteiger partial charge in [-0.15, -0.1) is 11.8 Å². The van der Waals surface area contributed by atoms with E-state index in [1.54, 1.807) is 67.6 Å². The third-order valence-electron chi connectivity index (χ3n) is 5.60. The van der Waals surface area contributed by atoms with Crippen LogP contribution in [0.3, 0.4) is 0 Å². The van der Waals surface area contributed by atoms with Gasteiger partial charge in [-0.05, 0) is 83.4 Å². The van der Waals surface area contributed by atoms with Gasteiger partial charge in [-0.1, -0.05) is 30.3 Å². The van der Waals surface area contributed by atoms with E-state index in [9.17, 15) is 24.3 Å². The Kier molecular flexibility index (Phi) is 9.50. The molecule has 10 heteroatoms. The van der Waals surface area contributed by atoms with Crippen molar-refractivity contribution in [3.8, 4) is 0 Å². The fourth-order valence-electron chi connectivity index (χ4n) is 3.55. The predicted molar refractivity (Wildman–Crippen MR) is 159 cm³/mol. The van der Waals surface area contributed by atoms with Crippen LogP contribution in [-0.2, 0) is 9.59 Å². The molecule has 40 heavy (non-hydrogen) atoms. The number of thiophene rings is 1. The van der Waals surface area contributed by atoms with Crippen molar-refractivity contribution >= 4 is 64.2 Å². The zero-order valence-corrected chi connectivity index (χ0v) is 23.0. The molecule has 1 aromatic heterocycles. The molecule has 0 fully saturated rings. The van der Waals surface area contributed by atoms with E-state index in [0.717, 1.165) is 16.0 Å². The number of hydrogen-bond donors (Lipinski definition) is 4. The summed E-state index contributed by atoms with van der Waals surface area (Å²) in [6, 6.07) is 22.0. The summed E-state index contributed by atoms with van der Waals surface area (Å²) in [4.78, 5) is 50.5. The molecule has 0 aliphatic carbocycles. The van der Waals surface area contributed by atoms with Gasteiger partial charge in [0.05, 0.1) is 11.3 Å². The lowest BCUT2D eigenvalue weighted by Crippen LogP contribution is -2.30. The first-order valence-corrected chi connectivity index (χ1v) is 14.0. The van der Waals surface area contributed by atoms with E-state index < -0.39 is 17.8 Å². The molecule has 0 spiro atoms. The minimum Gasteiger partial charge on any atom is -0.478 e. The molecular weight excluding hydrogens is 546 g/mol.